The molecular formula is C14H21ClN2O2. The molecule has 1 aliphatic heterocycles. The number of likely N-dealkylation sites (tertiary alicyclic amines) is 1. The van der Waals surface area contributed by atoms with Crippen LogP contribution in [0.2, 0.25) is 5.02 Å². The van der Waals surface area contributed by atoms with E-state index in [1.165, 1.54) is 12.8 Å². The Morgan fingerprint density at radius 3 is 3.21 bits per heavy atom. The van der Waals surface area contributed by atoms with Crippen molar-refractivity contribution in [1.82, 2.24) is 9.88 Å². The molecule has 2 heterocycles. The monoisotopic (exact) mass is 284 g/mol. The summed E-state index contributed by atoms with van der Waals surface area (Å²) >= 11 is 6.02. The van der Waals surface area contributed by atoms with Crippen molar-refractivity contribution in [3.05, 3.63) is 23.4 Å². The van der Waals surface area contributed by atoms with E-state index in [1.54, 1.807) is 19.4 Å². The first-order valence-corrected chi connectivity index (χ1v) is 7.12. The predicted octanol–water partition coefficient (Wildman–Crippen LogP) is 2.47. The number of ether oxygens (including phenoxy) is 2. The van der Waals surface area contributed by atoms with Crippen LogP contribution in [0.3, 0.4) is 0 Å². The second-order valence-corrected chi connectivity index (χ2v) is 5.31. The number of methoxy groups -OCH3 is 1. The minimum absolute atomic E-state index is 0.540. The number of aromatic nitrogens is 1. The van der Waals surface area contributed by atoms with Crippen LogP contribution in [0.15, 0.2) is 18.3 Å². The highest BCUT2D eigenvalue weighted by Gasteiger charge is 2.20. The van der Waals surface area contributed by atoms with Crippen LogP contribution >= 0.6 is 11.6 Å². The fraction of sp³-hybridized carbons (Fsp3) is 0.643. The third kappa shape index (κ3) is 4.64. The maximum atomic E-state index is 6.02. The number of nitrogens with zero attached hydrogens (tertiary/aromatic N) is 2. The molecule has 106 valence electrons. The average molecular weight is 285 g/mol. The summed E-state index contributed by atoms with van der Waals surface area (Å²) < 4.78 is 10.9. The zero-order chi connectivity index (χ0) is 13.5. The summed E-state index contributed by atoms with van der Waals surface area (Å²) in [5, 5.41) is 0.578. The van der Waals surface area contributed by atoms with Gasteiger partial charge in [0.1, 0.15) is 5.02 Å². The van der Waals surface area contributed by atoms with Gasteiger partial charge < -0.3 is 14.4 Å². The molecule has 0 saturated carbocycles. The van der Waals surface area contributed by atoms with E-state index in [1.807, 2.05) is 6.07 Å². The Morgan fingerprint density at radius 1 is 1.53 bits per heavy atom. The van der Waals surface area contributed by atoms with Crippen molar-refractivity contribution < 1.29 is 9.47 Å². The average Bonchev–Trinajstić information content (AvgIpc) is 2.45. The summed E-state index contributed by atoms with van der Waals surface area (Å²) in [5.74, 6) is 1.09. The van der Waals surface area contributed by atoms with Crippen molar-refractivity contribution in [1.29, 1.82) is 0 Å². The highest BCUT2D eigenvalue weighted by molar-refractivity contribution is 6.31. The van der Waals surface area contributed by atoms with E-state index in [4.69, 9.17) is 21.1 Å². The number of pyridine rings is 1. The molecule has 1 saturated heterocycles. The lowest BCUT2D eigenvalue weighted by Gasteiger charge is -2.32. The van der Waals surface area contributed by atoms with Crippen LogP contribution in [0, 0.1) is 5.92 Å². The number of halogens is 1. The van der Waals surface area contributed by atoms with Gasteiger partial charge in [-0.1, -0.05) is 11.6 Å². The van der Waals surface area contributed by atoms with E-state index >= 15 is 0 Å². The van der Waals surface area contributed by atoms with Crippen molar-refractivity contribution in [2.75, 3.05) is 40.0 Å². The predicted molar refractivity (Wildman–Crippen MR) is 75.8 cm³/mol. The van der Waals surface area contributed by atoms with E-state index in [0.717, 1.165) is 26.2 Å². The van der Waals surface area contributed by atoms with Crippen molar-refractivity contribution in [2.24, 2.45) is 5.92 Å². The summed E-state index contributed by atoms with van der Waals surface area (Å²) in [5.41, 5.74) is 0. The molecule has 19 heavy (non-hydrogen) atoms. The molecule has 1 atom stereocenters. The zero-order valence-electron chi connectivity index (χ0n) is 11.3. The Hall–Kier alpha value is -0.840. The van der Waals surface area contributed by atoms with Crippen molar-refractivity contribution in [2.45, 2.75) is 12.8 Å². The summed E-state index contributed by atoms with van der Waals surface area (Å²) in [4.78, 5) is 6.58. The molecule has 0 radical (unpaired) electrons. The molecular weight excluding hydrogens is 264 g/mol. The Balaban J connectivity index is 1.78. The lowest BCUT2D eigenvalue weighted by atomic mass is 9.99. The fourth-order valence-corrected chi connectivity index (χ4v) is 2.56. The molecule has 0 aromatic carbocycles. The zero-order valence-corrected chi connectivity index (χ0v) is 12.1. The van der Waals surface area contributed by atoms with E-state index < -0.39 is 0 Å². The number of rotatable bonds is 6. The summed E-state index contributed by atoms with van der Waals surface area (Å²) in [7, 11) is 1.74. The number of hydrogen-bond donors (Lipinski definition) is 0. The Labute approximate surface area is 119 Å². The highest BCUT2D eigenvalue weighted by Crippen LogP contribution is 2.22. The highest BCUT2D eigenvalue weighted by atomic mass is 35.5. The quantitative estimate of drug-likeness (QED) is 0.804. The van der Waals surface area contributed by atoms with Crippen LogP contribution in [-0.4, -0.2) is 49.8 Å². The van der Waals surface area contributed by atoms with Crippen molar-refractivity contribution >= 4 is 11.6 Å². The lowest BCUT2D eigenvalue weighted by molar-refractivity contribution is 0.0949. The van der Waals surface area contributed by atoms with Gasteiger partial charge in [-0.2, -0.15) is 0 Å². The first-order valence-electron chi connectivity index (χ1n) is 6.74. The second-order valence-electron chi connectivity index (χ2n) is 4.90. The molecule has 0 bridgehead atoms. The maximum absolute atomic E-state index is 6.02. The smallest absolute Gasteiger partial charge is 0.232 e. The van der Waals surface area contributed by atoms with Gasteiger partial charge in [0.15, 0.2) is 0 Å². The van der Waals surface area contributed by atoms with E-state index in [2.05, 4.69) is 9.88 Å². The Bertz CT molecular complexity index is 389. The van der Waals surface area contributed by atoms with Crippen LogP contribution in [0.1, 0.15) is 12.8 Å². The van der Waals surface area contributed by atoms with E-state index in [-0.39, 0.29) is 0 Å². The first-order chi connectivity index (χ1) is 9.29. The van der Waals surface area contributed by atoms with Gasteiger partial charge in [-0.25, -0.2) is 4.98 Å². The second kappa shape index (κ2) is 7.68. The molecule has 0 N–H and O–H groups in total. The molecule has 5 heteroatoms. The fourth-order valence-electron chi connectivity index (χ4n) is 2.39. The van der Waals surface area contributed by atoms with Crippen molar-refractivity contribution in [3.63, 3.8) is 0 Å². The van der Waals surface area contributed by atoms with Gasteiger partial charge in [-0.15, -0.1) is 0 Å². The molecule has 4 nitrogen and oxygen atoms in total. The van der Waals surface area contributed by atoms with Crippen LogP contribution in [0.4, 0.5) is 0 Å². The van der Waals surface area contributed by atoms with E-state index in [0.29, 0.717) is 23.4 Å². The topological polar surface area (TPSA) is 34.6 Å². The molecule has 0 spiro atoms. The number of hydrogen-bond acceptors (Lipinski definition) is 4. The summed E-state index contributed by atoms with van der Waals surface area (Å²) in [6.45, 7) is 4.69. The standard InChI is InChI=1S/C14H21ClN2O2/c1-18-9-8-17-7-3-4-12(10-17)11-19-14-13(15)5-2-6-16-14/h2,5-6,12H,3-4,7-11H2,1H3. The minimum Gasteiger partial charge on any atom is -0.476 e. The number of piperidine rings is 1. The third-order valence-electron chi connectivity index (χ3n) is 3.40. The SMILES string of the molecule is COCCN1CCCC(COc2ncccc2Cl)C1. The Morgan fingerprint density at radius 2 is 2.42 bits per heavy atom. The van der Waals surface area contributed by atoms with Crippen LogP contribution < -0.4 is 4.74 Å². The van der Waals surface area contributed by atoms with Crippen LogP contribution in [-0.2, 0) is 4.74 Å². The molecule has 1 aliphatic rings. The van der Waals surface area contributed by atoms with Gasteiger partial charge in [0.05, 0.1) is 13.2 Å². The first kappa shape index (κ1) is 14.6. The van der Waals surface area contributed by atoms with Crippen LogP contribution in [0.5, 0.6) is 5.88 Å². The van der Waals surface area contributed by atoms with Gasteiger partial charge in [-0.05, 0) is 31.5 Å². The summed E-state index contributed by atoms with van der Waals surface area (Å²) in [6.07, 6.45) is 4.12. The van der Waals surface area contributed by atoms with Gasteiger partial charge in [0, 0.05) is 32.3 Å². The minimum atomic E-state index is 0.540. The Kier molecular flexibility index (Phi) is 5.89. The van der Waals surface area contributed by atoms with Gasteiger partial charge >= 0.3 is 0 Å². The van der Waals surface area contributed by atoms with E-state index in [9.17, 15) is 0 Å². The molecule has 0 aliphatic carbocycles. The van der Waals surface area contributed by atoms with Gasteiger partial charge in [-0.3, -0.25) is 0 Å². The molecule has 1 fully saturated rings. The van der Waals surface area contributed by atoms with Crippen molar-refractivity contribution in [3.8, 4) is 5.88 Å². The lowest BCUT2D eigenvalue weighted by Crippen LogP contribution is -2.39. The largest absolute Gasteiger partial charge is 0.476 e. The molecule has 1 unspecified atom stereocenters. The maximum Gasteiger partial charge on any atom is 0.232 e. The third-order valence-corrected chi connectivity index (χ3v) is 3.68. The molecule has 2 rings (SSSR count). The molecule has 1 aromatic heterocycles. The normalized spacial score (nSPS) is 20.4. The van der Waals surface area contributed by atoms with Gasteiger partial charge in [0.25, 0.3) is 0 Å². The van der Waals surface area contributed by atoms with Gasteiger partial charge in [0.2, 0.25) is 5.88 Å². The summed E-state index contributed by atoms with van der Waals surface area (Å²) in [6, 6.07) is 3.61. The molecule has 0 amide bonds. The van der Waals surface area contributed by atoms with Crippen LogP contribution in [0.25, 0.3) is 0 Å². The molecule has 1 aromatic rings.